The van der Waals surface area contributed by atoms with Crippen molar-refractivity contribution in [3.8, 4) is 0 Å². The first kappa shape index (κ1) is 8.34. The van der Waals surface area contributed by atoms with Crippen LogP contribution in [0.2, 0.25) is 0 Å². The Hall–Kier alpha value is -0.260. The second-order valence-electron chi connectivity index (χ2n) is 3.40. The van der Waals surface area contributed by atoms with E-state index in [1.807, 2.05) is 10.9 Å². The van der Waals surface area contributed by atoms with E-state index < -0.39 is 0 Å². The highest BCUT2D eigenvalue weighted by molar-refractivity contribution is 14.1. The molecule has 1 aliphatic carbocycles. The first-order valence-electron chi connectivity index (χ1n) is 4.18. The third-order valence-electron chi connectivity index (χ3n) is 2.48. The molecule has 4 heteroatoms. The lowest BCUT2D eigenvalue weighted by Crippen LogP contribution is -2.11. The highest BCUT2D eigenvalue weighted by Gasteiger charge is 2.30. The standard InChI is InChI=1S/C8H12IN3/c1-5(6-2-3-6)12-8(10)7(9)4-11-12/h4-6H,2-3,10H2,1H3. The number of aromatic nitrogens is 2. The lowest BCUT2D eigenvalue weighted by molar-refractivity contribution is 0.446. The normalized spacial score (nSPS) is 19.5. The third kappa shape index (κ3) is 1.32. The number of halogens is 1. The van der Waals surface area contributed by atoms with Gasteiger partial charge in [-0.25, -0.2) is 4.68 Å². The Kier molecular flexibility index (Phi) is 2.02. The van der Waals surface area contributed by atoms with E-state index in [4.69, 9.17) is 5.73 Å². The summed E-state index contributed by atoms with van der Waals surface area (Å²) >= 11 is 2.21. The van der Waals surface area contributed by atoms with Gasteiger partial charge in [0.1, 0.15) is 5.82 Å². The molecule has 1 aromatic rings. The molecule has 0 spiro atoms. The first-order chi connectivity index (χ1) is 5.70. The summed E-state index contributed by atoms with van der Waals surface area (Å²) in [6, 6.07) is 0.480. The Morgan fingerprint density at radius 1 is 1.75 bits per heavy atom. The molecule has 0 radical (unpaired) electrons. The van der Waals surface area contributed by atoms with Gasteiger partial charge < -0.3 is 5.73 Å². The van der Waals surface area contributed by atoms with E-state index in [0.717, 1.165) is 15.3 Å². The Labute approximate surface area is 85.5 Å². The van der Waals surface area contributed by atoms with Crippen LogP contribution in [0.1, 0.15) is 25.8 Å². The van der Waals surface area contributed by atoms with Gasteiger partial charge in [0.25, 0.3) is 0 Å². The molecule has 1 fully saturated rings. The van der Waals surface area contributed by atoms with Gasteiger partial charge in [-0.1, -0.05) is 0 Å². The molecule has 2 N–H and O–H groups in total. The first-order valence-corrected chi connectivity index (χ1v) is 5.26. The lowest BCUT2D eigenvalue weighted by atomic mass is 10.2. The number of nitrogen functional groups attached to an aromatic ring is 1. The highest BCUT2D eigenvalue weighted by atomic mass is 127. The Morgan fingerprint density at radius 2 is 2.42 bits per heavy atom. The van der Waals surface area contributed by atoms with Gasteiger partial charge >= 0.3 is 0 Å². The number of nitrogens with zero attached hydrogens (tertiary/aromatic N) is 2. The van der Waals surface area contributed by atoms with Crippen molar-refractivity contribution in [1.29, 1.82) is 0 Å². The maximum atomic E-state index is 5.86. The fourth-order valence-corrected chi connectivity index (χ4v) is 1.83. The van der Waals surface area contributed by atoms with Crippen LogP contribution in [0.3, 0.4) is 0 Å². The number of hydrogen-bond acceptors (Lipinski definition) is 2. The summed E-state index contributed by atoms with van der Waals surface area (Å²) in [5, 5.41) is 4.26. The van der Waals surface area contributed by atoms with Gasteiger partial charge in [0.2, 0.25) is 0 Å². The van der Waals surface area contributed by atoms with Gasteiger partial charge in [-0.3, -0.25) is 0 Å². The quantitative estimate of drug-likeness (QED) is 0.841. The summed E-state index contributed by atoms with van der Waals surface area (Å²) in [5.41, 5.74) is 5.86. The van der Waals surface area contributed by atoms with Gasteiger partial charge in [0.05, 0.1) is 15.8 Å². The smallest absolute Gasteiger partial charge is 0.135 e. The van der Waals surface area contributed by atoms with Crippen LogP contribution in [-0.4, -0.2) is 9.78 Å². The molecular weight excluding hydrogens is 265 g/mol. The van der Waals surface area contributed by atoms with Gasteiger partial charge in [0.15, 0.2) is 0 Å². The monoisotopic (exact) mass is 277 g/mol. The van der Waals surface area contributed by atoms with E-state index in [1.165, 1.54) is 12.8 Å². The van der Waals surface area contributed by atoms with Crippen LogP contribution in [0.5, 0.6) is 0 Å². The molecule has 3 nitrogen and oxygen atoms in total. The van der Waals surface area contributed by atoms with Crippen LogP contribution in [0.15, 0.2) is 6.20 Å². The number of nitrogens with two attached hydrogens (primary N) is 1. The van der Waals surface area contributed by atoms with Crippen molar-refractivity contribution in [1.82, 2.24) is 9.78 Å². The SMILES string of the molecule is CC(C1CC1)n1ncc(I)c1N. The molecule has 0 aromatic carbocycles. The molecule has 0 saturated heterocycles. The molecule has 0 amide bonds. The molecule has 1 unspecified atom stereocenters. The number of hydrogen-bond donors (Lipinski definition) is 1. The molecular formula is C8H12IN3. The summed E-state index contributed by atoms with van der Waals surface area (Å²) in [6.45, 7) is 2.19. The van der Waals surface area contributed by atoms with Gasteiger partial charge in [-0.2, -0.15) is 5.10 Å². The van der Waals surface area contributed by atoms with Crippen molar-refractivity contribution in [2.75, 3.05) is 5.73 Å². The van der Waals surface area contributed by atoms with Crippen molar-refractivity contribution in [2.24, 2.45) is 5.92 Å². The zero-order valence-corrected chi connectivity index (χ0v) is 9.15. The van der Waals surface area contributed by atoms with Crippen LogP contribution in [0, 0.1) is 9.49 Å². The van der Waals surface area contributed by atoms with Crippen LogP contribution in [-0.2, 0) is 0 Å². The topological polar surface area (TPSA) is 43.8 Å². The minimum absolute atomic E-state index is 0.480. The van der Waals surface area contributed by atoms with E-state index in [2.05, 4.69) is 34.6 Å². The van der Waals surface area contributed by atoms with Gasteiger partial charge in [0, 0.05) is 0 Å². The molecule has 66 valence electrons. The molecule has 12 heavy (non-hydrogen) atoms. The molecule has 1 heterocycles. The lowest BCUT2D eigenvalue weighted by Gasteiger charge is -2.12. The van der Waals surface area contributed by atoms with E-state index in [1.54, 1.807) is 0 Å². The molecule has 0 bridgehead atoms. The van der Waals surface area contributed by atoms with E-state index in [-0.39, 0.29) is 0 Å². The van der Waals surface area contributed by atoms with Crippen LogP contribution < -0.4 is 5.73 Å². The zero-order valence-electron chi connectivity index (χ0n) is 7.00. The van der Waals surface area contributed by atoms with Gasteiger partial charge in [-0.05, 0) is 48.3 Å². The largest absolute Gasteiger partial charge is 0.383 e. The van der Waals surface area contributed by atoms with Crippen LogP contribution in [0.4, 0.5) is 5.82 Å². The second kappa shape index (κ2) is 2.90. The average Bonchev–Trinajstić information content (AvgIpc) is 2.82. The highest BCUT2D eigenvalue weighted by Crippen LogP contribution is 2.40. The van der Waals surface area contributed by atoms with Crippen LogP contribution >= 0.6 is 22.6 Å². The summed E-state index contributed by atoms with van der Waals surface area (Å²) in [7, 11) is 0. The van der Waals surface area contributed by atoms with E-state index >= 15 is 0 Å². The third-order valence-corrected chi connectivity index (χ3v) is 3.31. The maximum absolute atomic E-state index is 5.86. The van der Waals surface area contributed by atoms with Crippen molar-refractivity contribution in [3.63, 3.8) is 0 Å². The van der Waals surface area contributed by atoms with Crippen molar-refractivity contribution in [2.45, 2.75) is 25.8 Å². The molecule has 1 atom stereocenters. The Balaban J connectivity index is 2.25. The summed E-state index contributed by atoms with van der Waals surface area (Å²) in [4.78, 5) is 0. The van der Waals surface area contributed by atoms with Crippen molar-refractivity contribution in [3.05, 3.63) is 9.77 Å². The summed E-state index contributed by atoms with van der Waals surface area (Å²) < 4.78 is 3.00. The fraction of sp³-hybridized carbons (Fsp3) is 0.625. The second-order valence-corrected chi connectivity index (χ2v) is 4.56. The average molecular weight is 277 g/mol. The predicted molar refractivity (Wildman–Crippen MR) is 56.8 cm³/mol. The Morgan fingerprint density at radius 3 is 2.83 bits per heavy atom. The molecule has 1 aromatic heterocycles. The van der Waals surface area contributed by atoms with E-state index in [0.29, 0.717) is 6.04 Å². The predicted octanol–water partition coefficient (Wildman–Crippen LogP) is 2.04. The van der Waals surface area contributed by atoms with Crippen molar-refractivity contribution >= 4 is 28.4 Å². The maximum Gasteiger partial charge on any atom is 0.135 e. The molecule has 1 saturated carbocycles. The van der Waals surface area contributed by atoms with E-state index in [9.17, 15) is 0 Å². The minimum atomic E-state index is 0.480. The molecule has 1 aliphatic rings. The number of rotatable bonds is 2. The summed E-state index contributed by atoms with van der Waals surface area (Å²) in [6.07, 6.45) is 4.49. The number of anilines is 1. The zero-order chi connectivity index (χ0) is 8.72. The van der Waals surface area contributed by atoms with Crippen LogP contribution in [0.25, 0.3) is 0 Å². The molecule has 0 aliphatic heterocycles. The van der Waals surface area contributed by atoms with Gasteiger partial charge in [-0.15, -0.1) is 0 Å². The fourth-order valence-electron chi connectivity index (χ4n) is 1.45. The summed E-state index contributed by atoms with van der Waals surface area (Å²) in [5.74, 6) is 1.62. The van der Waals surface area contributed by atoms with Crippen molar-refractivity contribution < 1.29 is 0 Å². The Bertz CT molecular complexity index is 290. The minimum Gasteiger partial charge on any atom is -0.383 e. The molecule has 2 rings (SSSR count).